The van der Waals surface area contributed by atoms with Crippen LogP contribution in [0, 0.1) is 0 Å². The third-order valence-corrected chi connectivity index (χ3v) is 3.84. The van der Waals surface area contributed by atoms with Gasteiger partial charge >= 0.3 is 5.97 Å². The summed E-state index contributed by atoms with van der Waals surface area (Å²) in [4.78, 5) is 11.9. The zero-order valence-corrected chi connectivity index (χ0v) is 13.1. The monoisotopic (exact) mass is 313 g/mol. The molecule has 0 fully saturated rings. The molecule has 23 heavy (non-hydrogen) atoms. The van der Waals surface area contributed by atoms with Gasteiger partial charge in [-0.15, -0.1) is 0 Å². The normalized spacial score (nSPS) is 13.3. The molecule has 1 aliphatic rings. The number of rotatable bonds is 4. The fourth-order valence-corrected chi connectivity index (χ4v) is 2.77. The number of benzene rings is 2. The van der Waals surface area contributed by atoms with E-state index < -0.39 is 5.97 Å². The van der Waals surface area contributed by atoms with E-state index in [1.807, 2.05) is 35.3 Å². The van der Waals surface area contributed by atoms with Crippen molar-refractivity contribution in [1.29, 1.82) is 0 Å². The van der Waals surface area contributed by atoms with E-state index in [0.29, 0.717) is 17.9 Å². The zero-order valence-electron chi connectivity index (χ0n) is 13.1. The SMILES string of the molecule is COC(=O)c1cccc(CN2Cc3ccc(N)cc3N2)c1OC. The van der Waals surface area contributed by atoms with Crippen LogP contribution in [0.1, 0.15) is 21.5 Å². The highest BCUT2D eigenvalue weighted by atomic mass is 16.5. The van der Waals surface area contributed by atoms with Gasteiger partial charge < -0.3 is 20.6 Å². The second-order valence-corrected chi connectivity index (χ2v) is 5.37. The highest BCUT2D eigenvalue weighted by molar-refractivity contribution is 5.93. The molecule has 0 aromatic heterocycles. The maximum atomic E-state index is 11.9. The standard InChI is InChI=1S/C17H19N3O3/c1-22-16-12(4-3-5-14(16)17(21)23-2)10-20-9-11-6-7-13(18)8-15(11)19-20/h3-8,19H,9-10,18H2,1-2H3. The number of nitrogen functional groups attached to an aromatic ring is 1. The summed E-state index contributed by atoms with van der Waals surface area (Å²) in [5.74, 6) is 0.130. The minimum Gasteiger partial charge on any atom is -0.496 e. The molecule has 0 saturated carbocycles. The first kappa shape index (κ1) is 15.2. The van der Waals surface area contributed by atoms with Crippen LogP contribution in [0.15, 0.2) is 36.4 Å². The van der Waals surface area contributed by atoms with Gasteiger partial charge in [-0.2, -0.15) is 0 Å². The lowest BCUT2D eigenvalue weighted by atomic mass is 10.1. The number of esters is 1. The number of methoxy groups -OCH3 is 2. The number of nitrogens with zero attached hydrogens (tertiary/aromatic N) is 1. The van der Waals surface area contributed by atoms with E-state index >= 15 is 0 Å². The number of hydrogen-bond acceptors (Lipinski definition) is 6. The maximum absolute atomic E-state index is 11.9. The Balaban J connectivity index is 1.83. The lowest BCUT2D eigenvalue weighted by molar-refractivity contribution is 0.0596. The Labute approximate surface area is 134 Å². The number of nitrogens with two attached hydrogens (primary N) is 1. The molecular weight excluding hydrogens is 294 g/mol. The highest BCUT2D eigenvalue weighted by Gasteiger charge is 2.22. The van der Waals surface area contributed by atoms with Crippen molar-refractivity contribution in [1.82, 2.24) is 5.01 Å². The molecule has 1 aliphatic heterocycles. The number of hydrogen-bond donors (Lipinski definition) is 2. The number of nitrogens with one attached hydrogen (secondary N) is 1. The molecule has 0 amide bonds. The molecule has 0 atom stereocenters. The molecule has 0 unspecified atom stereocenters. The van der Waals surface area contributed by atoms with E-state index in [0.717, 1.165) is 23.5 Å². The first-order valence-electron chi connectivity index (χ1n) is 7.26. The average Bonchev–Trinajstić information content (AvgIpc) is 2.95. The molecule has 6 nitrogen and oxygen atoms in total. The van der Waals surface area contributed by atoms with Crippen molar-refractivity contribution < 1.29 is 14.3 Å². The third-order valence-electron chi connectivity index (χ3n) is 3.84. The molecule has 0 radical (unpaired) electrons. The summed E-state index contributed by atoms with van der Waals surface area (Å²) in [6.07, 6.45) is 0. The van der Waals surface area contributed by atoms with Gasteiger partial charge in [-0.05, 0) is 23.8 Å². The Kier molecular flexibility index (Phi) is 4.08. The Hall–Kier alpha value is -2.73. The zero-order chi connectivity index (χ0) is 16.4. The second-order valence-electron chi connectivity index (χ2n) is 5.37. The summed E-state index contributed by atoms with van der Waals surface area (Å²) >= 11 is 0. The second kappa shape index (κ2) is 6.18. The predicted octanol–water partition coefficient (Wildman–Crippen LogP) is 2.41. The van der Waals surface area contributed by atoms with Crippen LogP contribution < -0.4 is 15.9 Å². The van der Waals surface area contributed by atoms with Crippen molar-refractivity contribution >= 4 is 17.3 Å². The van der Waals surface area contributed by atoms with Gasteiger partial charge in [0.2, 0.25) is 0 Å². The van der Waals surface area contributed by atoms with E-state index in [2.05, 4.69) is 5.43 Å². The lowest BCUT2D eigenvalue weighted by Crippen LogP contribution is -2.23. The van der Waals surface area contributed by atoms with Crippen LogP contribution in [0.4, 0.5) is 11.4 Å². The van der Waals surface area contributed by atoms with E-state index in [-0.39, 0.29) is 0 Å². The summed E-state index contributed by atoms with van der Waals surface area (Å²) in [6.45, 7) is 1.34. The van der Waals surface area contributed by atoms with E-state index in [9.17, 15) is 4.79 Å². The molecule has 2 aromatic carbocycles. The first-order chi connectivity index (χ1) is 11.1. The Morgan fingerprint density at radius 2 is 2.13 bits per heavy atom. The Bertz CT molecular complexity index is 746. The number of carbonyl (C=O) groups excluding carboxylic acids is 1. The largest absolute Gasteiger partial charge is 0.496 e. The van der Waals surface area contributed by atoms with Gasteiger partial charge in [0.15, 0.2) is 0 Å². The van der Waals surface area contributed by atoms with Crippen LogP contribution in [-0.4, -0.2) is 25.2 Å². The molecule has 1 heterocycles. The lowest BCUT2D eigenvalue weighted by Gasteiger charge is -2.19. The quantitative estimate of drug-likeness (QED) is 0.667. The van der Waals surface area contributed by atoms with Crippen LogP contribution in [0.2, 0.25) is 0 Å². The topological polar surface area (TPSA) is 76.8 Å². The smallest absolute Gasteiger partial charge is 0.341 e. The van der Waals surface area contributed by atoms with Gasteiger partial charge in [0.05, 0.1) is 19.9 Å². The first-order valence-corrected chi connectivity index (χ1v) is 7.26. The molecule has 0 aliphatic carbocycles. The van der Waals surface area contributed by atoms with Crippen LogP contribution >= 0.6 is 0 Å². The maximum Gasteiger partial charge on any atom is 0.341 e. The van der Waals surface area contributed by atoms with Gasteiger partial charge in [0.1, 0.15) is 11.3 Å². The molecule has 6 heteroatoms. The van der Waals surface area contributed by atoms with Gasteiger partial charge in [0.25, 0.3) is 0 Å². The number of ether oxygens (including phenoxy) is 2. The van der Waals surface area contributed by atoms with Crippen molar-refractivity contribution in [3.63, 3.8) is 0 Å². The van der Waals surface area contributed by atoms with Crippen LogP contribution in [0.25, 0.3) is 0 Å². The fraction of sp³-hybridized carbons (Fsp3) is 0.235. The fourth-order valence-electron chi connectivity index (χ4n) is 2.77. The molecule has 0 saturated heterocycles. The number of anilines is 2. The summed E-state index contributed by atoms with van der Waals surface area (Å²) in [7, 11) is 2.91. The molecule has 0 bridgehead atoms. The van der Waals surface area contributed by atoms with Gasteiger partial charge in [-0.1, -0.05) is 18.2 Å². The van der Waals surface area contributed by atoms with E-state index in [1.54, 1.807) is 13.2 Å². The van der Waals surface area contributed by atoms with Crippen molar-refractivity contribution in [3.05, 3.63) is 53.1 Å². The Morgan fingerprint density at radius 1 is 1.30 bits per heavy atom. The number of hydrazine groups is 1. The molecule has 0 spiro atoms. The number of para-hydroxylation sites is 1. The van der Waals surface area contributed by atoms with Crippen molar-refractivity contribution in [3.8, 4) is 5.75 Å². The highest BCUT2D eigenvalue weighted by Crippen LogP contribution is 2.31. The Morgan fingerprint density at radius 3 is 2.87 bits per heavy atom. The molecule has 3 N–H and O–H groups in total. The van der Waals surface area contributed by atoms with Crippen molar-refractivity contribution in [2.75, 3.05) is 25.4 Å². The minimum absolute atomic E-state index is 0.408. The third kappa shape index (κ3) is 2.93. The predicted molar refractivity (Wildman–Crippen MR) is 88.1 cm³/mol. The van der Waals surface area contributed by atoms with Crippen LogP contribution in [0.3, 0.4) is 0 Å². The minimum atomic E-state index is -0.408. The van der Waals surface area contributed by atoms with Crippen LogP contribution in [-0.2, 0) is 17.8 Å². The van der Waals surface area contributed by atoms with Gasteiger partial charge in [-0.25, -0.2) is 9.80 Å². The van der Waals surface area contributed by atoms with Gasteiger partial charge in [0, 0.05) is 24.3 Å². The van der Waals surface area contributed by atoms with Crippen LogP contribution in [0.5, 0.6) is 5.75 Å². The molecule has 3 rings (SSSR count). The van der Waals surface area contributed by atoms with E-state index in [4.69, 9.17) is 15.2 Å². The summed E-state index contributed by atoms with van der Waals surface area (Å²) in [5, 5.41) is 2.04. The summed E-state index contributed by atoms with van der Waals surface area (Å²) in [5.41, 5.74) is 13.4. The summed E-state index contributed by atoms with van der Waals surface area (Å²) in [6, 6.07) is 11.3. The van der Waals surface area contributed by atoms with Crippen molar-refractivity contribution in [2.24, 2.45) is 0 Å². The molecular formula is C17H19N3O3. The molecule has 2 aromatic rings. The molecule has 120 valence electrons. The van der Waals surface area contributed by atoms with E-state index in [1.165, 1.54) is 12.7 Å². The average molecular weight is 313 g/mol. The van der Waals surface area contributed by atoms with Gasteiger partial charge in [-0.3, -0.25) is 0 Å². The summed E-state index contributed by atoms with van der Waals surface area (Å²) < 4.78 is 10.2. The number of fused-ring (bicyclic) bond motifs is 1. The van der Waals surface area contributed by atoms with Crippen molar-refractivity contribution in [2.45, 2.75) is 13.1 Å². The number of carbonyl (C=O) groups is 1.